The number of carbonyl (C=O) groups excluding carboxylic acids is 1. The van der Waals surface area contributed by atoms with Crippen LogP contribution in [0.15, 0.2) is 59.5 Å². The number of carbonyl (C=O) groups is 1. The smallest absolute Gasteiger partial charge is 0.252 e. The Morgan fingerprint density at radius 1 is 1.08 bits per heavy atom. The van der Waals surface area contributed by atoms with Crippen LogP contribution in [0.4, 0.5) is 0 Å². The van der Waals surface area contributed by atoms with Gasteiger partial charge in [-0.15, -0.1) is 11.8 Å². The van der Waals surface area contributed by atoms with E-state index in [4.69, 9.17) is 0 Å². The van der Waals surface area contributed by atoms with Gasteiger partial charge in [0.25, 0.3) is 5.91 Å². The average Bonchev–Trinajstić information content (AvgIpc) is 2.95. The van der Waals surface area contributed by atoms with Crippen LogP contribution in [0.2, 0.25) is 0 Å². The largest absolute Gasteiger partial charge is 0.350 e. The summed E-state index contributed by atoms with van der Waals surface area (Å²) in [6.45, 7) is 5.29. The van der Waals surface area contributed by atoms with Crippen LogP contribution in [0.25, 0.3) is 11.1 Å². The third kappa shape index (κ3) is 3.83. The Kier molecular flexibility index (Phi) is 5.78. The number of amides is 1. The Balaban J connectivity index is 1.68. The van der Waals surface area contributed by atoms with Crippen molar-refractivity contribution in [1.82, 2.24) is 15.1 Å². The fraction of sp³-hybridized carbons (Fsp3) is 0.238. The van der Waals surface area contributed by atoms with Gasteiger partial charge in [-0.2, -0.15) is 5.10 Å². The first-order chi connectivity index (χ1) is 12.6. The molecule has 0 radical (unpaired) electrons. The monoisotopic (exact) mass is 365 g/mol. The second kappa shape index (κ2) is 8.23. The Labute approximate surface area is 158 Å². The maximum Gasteiger partial charge on any atom is 0.252 e. The first kappa shape index (κ1) is 18.3. The fourth-order valence-corrected chi connectivity index (χ4v) is 3.74. The first-order valence-corrected chi connectivity index (χ1v) is 9.85. The van der Waals surface area contributed by atoms with Crippen LogP contribution < -0.4 is 5.32 Å². The van der Waals surface area contributed by atoms with Crippen molar-refractivity contribution in [2.45, 2.75) is 25.3 Å². The lowest BCUT2D eigenvalue weighted by molar-refractivity contribution is 0.0949. The van der Waals surface area contributed by atoms with E-state index in [1.165, 1.54) is 11.1 Å². The van der Waals surface area contributed by atoms with Crippen molar-refractivity contribution in [2.24, 2.45) is 0 Å². The highest BCUT2D eigenvalue weighted by Crippen LogP contribution is 2.26. The molecule has 5 heteroatoms. The summed E-state index contributed by atoms with van der Waals surface area (Å²) >= 11 is 1.58. The molecule has 1 heterocycles. The van der Waals surface area contributed by atoms with E-state index < -0.39 is 0 Å². The van der Waals surface area contributed by atoms with Gasteiger partial charge >= 0.3 is 0 Å². The quantitative estimate of drug-likeness (QED) is 0.662. The molecule has 0 aliphatic rings. The molecule has 3 rings (SSSR count). The molecule has 3 aromatic rings. The van der Waals surface area contributed by atoms with E-state index in [2.05, 4.69) is 29.5 Å². The Morgan fingerprint density at radius 3 is 2.50 bits per heavy atom. The lowest BCUT2D eigenvalue weighted by atomic mass is 10.0. The van der Waals surface area contributed by atoms with Gasteiger partial charge in [0.1, 0.15) is 0 Å². The highest BCUT2D eigenvalue weighted by Gasteiger charge is 2.14. The molecule has 4 nitrogen and oxygen atoms in total. The number of hydrogen-bond donors (Lipinski definition) is 1. The van der Waals surface area contributed by atoms with Crippen LogP contribution >= 0.6 is 11.8 Å². The normalized spacial score (nSPS) is 10.7. The molecule has 1 amide bonds. The van der Waals surface area contributed by atoms with Crippen molar-refractivity contribution in [1.29, 1.82) is 0 Å². The predicted molar refractivity (Wildman–Crippen MR) is 108 cm³/mol. The van der Waals surface area contributed by atoms with E-state index in [0.717, 1.165) is 21.8 Å². The molecule has 0 saturated heterocycles. The molecule has 0 aliphatic carbocycles. The molecule has 0 bridgehead atoms. The molecule has 1 N–H and O–H groups in total. The lowest BCUT2D eigenvalue weighted by Crippen LogP contribution is -2.28. The number of nitrogens with one attached hydrogen (secondary N) is 1. The molecule has 134 valence electrons. The average molecular weight is 366 g/mol. The van der Waals surface area contributed by atoms with Gasteiger partial charge in [0.15, 0.2) is 0 Å². The van der Waals surface area contributed by atoms with Crippen molar-refractivity contribution in [3.8, 4) is 11.1 Å². The molecule has 0 fully saturated rings. The molecule has 26 heavy (non-hydrogen) atoms. The SMILES string of the molecule is CSc1ccccc1C(=O)NCCn1nc(C)c(-c2ccccc2)c1C. The second-order valence-electron chi connectivity index (χ2n) is 6.09. The van der Waals surface area contributed by atoms with Crippen LogP contribution in [-0.2, 0) is 6.54 Å². The van der Waals surface area contributed by atoms with Crippen molar-refractivity contribution in [3.63, 3.8) is 0 Å². The third-order valence-corrected chi connectivity index (χ3v) is 5.20. The second-order valence-corrected chi connectivity index (χ2v) is 6.94. The first-order valence-electron chi connectivity index (χ1n) is 8.62. The Morgan fingerprint density at radius 2 is 1.77 bits per heavy atom. The van der Waals surface area contributed by atoms with Gasteiger partial charge in [-0.05, 0) is 37.8 Å². The minimum absolute atomic E-state index is 0.0419. The number of aromatic nitrogens is 2. The number of benzene rings is 2. The summed E-state index contributed by atoms with van der Waals surface area (Å²) in [6.07, 6.45) is 1.98. The number of aryl methyl sites for hydroxylation is 1. The van der Waals surface area contributed by atoms with E-state index in [-0.39, 0.29) is 5.91 Å². The summed E-state index contributed by atoms with van der Waals surface area (Å²) in [6, 6.07) is 17.9. The van der Waals surface area contributed by atoms with E-state index in [1.807, 2.05) is 60.3 Å². The Hall–Kier alpha value is -2.53. The molecule has 0 spiro atoms. The fourth-order valence-electron chi connectivity index (χ4n) is 3.14. The number of hydrogen-bond acceptors (Lipinski definition) is 3. The maximum absolute atomic E-state index is 12.4. The summed E-state index contributed by atoms with van der Waals surface area (Å²) in [5, 5.41) is 7.66. The predicted octanol–water partition coefficient (Wildman–Crippen LogP) is 4.32. The van der Waals surface area contributed by atoms with Crippen molar-refractivity contribution in [3.05, 3.63) is 71.5 Å². The Bertz CT molecular complexity index is 903. The molecule has 0 aliphatic heterocycles. The molecule has 0 atom stereocenters. The van der Waals surface area contributed by atoms with Crippen molar-refractivity contribution in [2.75, 3.05) is 12.8 Å². The van der Waals surface area contributed by atoms with Crippen LogP contribution in [0.3, 0.4) is 0 Å². The van der Waals surface area contributed by atoms with Crippen LogP contribution in [0.5, 0.6) is 0 Å². The molecular formula is C21H23N3OS. The number of thioether (sulfide) groups is 1. The van der Waals surface area contributed by atoms with Crippen LogP contribution in [0, 0.1) is 13.8 Å². The standard InChI is InChI=1S/C21H23N3OS/c1-15-20(17-9-5-4-6-10-17)16(2)24(23-15)14-13-22-21(25)18-11-7-8-12-19(18)26-3/h4-12H,13-14H2,1-3H3,(H,22,25). The molecule has 2 aromatic carbocycles. The van der Waals surface area contributed by atoms with E-state index >= 15 is 0 Å². The van der Waals surface area contributed by atoms with Gasteiger partial charge in [0.05, 0.1) is 17.8 Å². The maximum atomic E-state index is 12.4. The van der Waals surface area contributed by atoms with Crippen molar-refractivity contribution >= 4 is 17.7 Å². The van der Waals surface area contributed by atoms with Gasteiger partial charge < -0.3 is 5.32 Å². The third-order valence-electron chi connectivity index (χ3n) is 4.40. The summed E-state index contributed by atoms with van der Waals surface area (Å²) in [4.78, 5) is 13.4. The zero-order valence-electron chi connectivity index (χ0n) is 15.3. The highest BCUT2D eigenvalue weighted by molar-refractivity contribution is 7.98. The van der Waals surface area contributed by atoms with Gasteiger partial charge in [0, 0.05) is 22.7 Å². The van der Waals surface area contributed by atoms with E-state index in [0.29, 0.717) is 13.1 Å². The minimum atomic E-state index is -0.0419. The molecule has 0 saturated carbocycles. The summed E-state index contributed by atoms with van der Waals surface area (Å²) in [7, 11) is 0. The van der Waals surface area contributed by atoms with Crippen molar-refractivity contribution < 1.29 is 4.79 Å². The lowest BCUT2D eigenvalue weighted by Gasteiger charge is -2.10. The summed E-state index contributed by atoms with van der Waals surface area (Å²) < 4.78 is 1.97. The molecule has 0 unspecified atom stereocenters. The van der Waals surface area contributed by atoms with Gasteiger partial charge in [-0.25, -0.2) is 0 Å². The van der Waals surface area contributed by atoms with E-state index in [1.54, 1.807) is 11.8 Å². The number of nitrogens with zero attached hydrogens (tertiary/aromatic N) is 2. The van der Waals surface area contributed by atoms with Crippen LogP contribution in [-0.4, -0.2) is 28.5 Å². The zero-order valence-corrected chi connectivity index (χ0v) is 16.1. The molecule has 1 aromatic heterocycles. The van der Waals surface area contributed by atoms with E-state index in [9.17, 15) is 4.79 Å². The topological polar surface area (TPSA) is 46.9 Å². The zero-order chi connectivity index (χ0) is 18.5. The molecular weight excluding hydrogens is 342 g/mol. The van der Waals surface area contributed by atoms with Gasteiger partial charge in [-0.3, -0.25) is 9.48 Å². The highest BCUT2D eigenvalue weighted by atomic mass is 32.2. The minimum Gasteiger partial charge on any atom is -0.350 e. The number of rotatable bonds is 6. The summed E-state index contributed by atoms with van der Waals surface area (Å²) in [5.74, 6) is -0.0419. The van der Waals surface area contributed by atoms with Crippen LogP contribution in [0.1, 0.15) is 21.7 Å². The van der Waals surface area contributed by atoms with Gasteiger partial charge in [0.2, 0.25) is 0 Å². The van der Waals surface area contributed by atoms with Gasteiger partial charge in [-0.1, -0.05) is 42.5 Å². The summed E-state index contributed by atoms with van der Waals surface area (Å²) in [5.41, 5.74) is 5.19.